The normalized spacial score (nSPS) is 20.9. The molecule has 1 aromatic heterocycles. The molecule has 0 aliphatic carbocycles. The van der Waals surface area contributed by atoms with Gasteiger partial charge in [0.1, 0.15) is 5.25 Å². The highest BCUT2D eigenvalue weighted by atomic mass is 35.5. The maximum atomic E-state index is 12.8. The fourth-order valence-corrected chi connectivity index (χ4v) is 2.44. The topological polar surface area (TPSA) is 80.2 Å². The lowest BCUT2D eigenvalue weighted by Crippen LogP contribution is -2.28. The van der Waals surface area contributed by atoms with Crippen molar-refractivity contribution in [3.63, 3.8) is 0 Å². The number of halogens is 2. The van der Waals surface area contributed by atoms with Crippen molar-refractivity contribution in [1.82, 2.24) is 9.97 Å². The van der Waals surface area contributed by atoms with Gasteiger partial charge >= 0.3 is 10.2 Å². The van der Waals surface area contributed by atoms with Gasteiger partial charge in [0.05, 0.1) is 0 Å². The van der Waals surface area contributed by atoms with Crippen molar-refractivity contribution < 1.29 is 17.1 Å². The third-order valence-corrected chi connectivity index (χ3v) is 3.76. The molecule has 2 heterocycles. The van der Waals surface area contributed by atoms with Crippen LogP contribution in [-0.4, -0.2) is 36.1 Å². The summed E-state index contributed by atoms with van der Waals surface area (Å²) in [7, 11) is -4.74. The number of rotatable bonds is 2. The largest absolute Gasteiger partial charge is 0.307 e. The Morgan fingerprint density at radius 3 is 2.59 bits per heavy atom. The SMILES string of the molecule is O=C1CC(S(=O)(=O)F)CN1c1nccnc1Cl. The highest BCUT2D eigenvalue weighted by Crippen LogP contribution is 2.27. The summed E-state index contributed by atoms with van der Waals surface area (Å²) in [4.78, 5) is 20.1. The number of anilines is 1. The minimum Gasteiger partial charge on any atom is -0.293 e. The van der Waals surface area contributed by atoms with Gasteiger partial charge in [-0.2, -0.15) is 8.42 Å². The number of carbonyl (C=O) groups is 1. The fraction of sp³-hybridized carbons (Fsp3) is 0.375. The summed E-state index contributed by atoms with van der Waals surface area (Å²) in [6.45, 7) is -0.296. The van der Waals surface area contributed by atoms with Crippen LogP contribution in [0.2, 0.25) is 5.15 Å². The fourth-order valence-electron chi connectivity index (χ4n) is 1.56. The van der Waals surface area contributed by atoms with E-state index in [0.717, 1.165) is 4.90 Å². The Bertz CT molecular complexity index is 565. The molecule has 0 spiro atoms. The van der Waals surface area contributed by atoms with Gasteiger partial charge in [0.2, 0.25) is 5.91 Å². The van der Waals surface area contributed by atoms with E-state index in [4.69, 9.17) is 11.6 Å². The average molecular weight is 280 g/mol. The Labute approximate surface area is 102 Å². The monoisotopic (exact) mass is 279 g/mol. The molecule has 0 N–H and O–H groups in total. The molecule has 0 bridgehead atoms. The van der Waals surface area contributed by atoms with Crippen molar-refractivity contribution in [2.45, 2.75) is 11.7 Å². The zero-order valence-corrected chi connectivity index (χ0v) is 9.95. The van der Waals surface area contributed by atoms with Crippen LogP contribution in [0.5, 0.6) is 0 Å². The molecule has 0 saturated carbocycles. The van der Waals surface area contributed by atoms with Crippen LogP contribution in [0.1, 0.15) is 6.42 Å². The zero-order valence-electron chi connectivity index (χ0n) is 8.38. The van der Waals surface area contributed by atoms with E-state index >= 15 is 0 Å². The van der Waals surface area contributed by atoms with Crippen molar-refractivity contribution >= 4 is 33.5 Å². The highest BCUT2D eigenvalue weighted by molar-refractivity contribution is 7.87. The molecule has 92 valence electrons. The smallest absolute Gasteiger partial charge is 0.293 e. The number of aromatic nitrogens is 2. The zero-order chi connectivity index (χ0) is 12.6. The van der Waals surface area contributed by atoms with E-state index in [9.17, 15) is 17.1 Å². The predicted octanol–water partition coefficient (Wildman–Crippen LogP) is 0.535. The molecular formula is C8H7ClFN3O3S. The quantitative estimate of drug-likeness (QED) is 0.738. The summed E-state index contributed by atoms with van der Waals surface area (Å²) < 4.78 is 34.2. The van der Waals surface area contributed by atoms with Gasteiger partial charge in [-0.05, 0) is 0 Å². The second-order valence-corrected chi connectivity index (χ2v) is 5.45. The lowest BCUT2D eigenvalue weighted by molar-refractivity contribution is -0.117. The molecule has 17 heavy (non-hydrogen) atoms. The van der Waals surface area contributed by atoms with Gasteiger partial charge in [0, 0.05) is 25.4 Å². The number of nitrogens with zero attached hydrogens (tertiary/aromatic N) is 3. The molecule has 1 atom stereocenters. The van der Waals surface area contributed by atoms with Crippen LogP contribution in [0.25, 0.3) is 0 Å². The summed E-state index contributed by atoms with van der Waals surface area (Å²) in [5.74, 6) is -0.496. The lowest BCUT2D eigenvalue weighted by atomic mass is 10.4. The van der Waals surface area contributed by atoms with Crippen molar-refractivity contribution in [1.29, 1.82) is 0 Å². The molecule has 1 amide bonds. The van der Waals surface area contributed by atoms with Crippen molar-refractivity contribution in [2.24, 2.45) is 0 Å². The molecule has 1 fully saturated rings. The molecule has 1 aliphatic rings. The minimum absolute atomic E-state index is 0.0299. The van der Waals surface area contributed by atoms with Crippen LogP contribution in [0.3, 0.4) is 0 Å². The molecule has 1 aliphatic heterocycles. The minimum atomic E-state index is -4.74. The van der Waals surface area contributed by atoms with Crippen LogP contribution < -0.4 is 4.90 Å². The third kappa shape index (κ3) is 2.37. The highest BCUT2D eigenvalue weighted by Gasteiger charge is 2.40. The molecule has 9 heteroatoms. The number of carbonyl (C=O) groups excluding carboxylic acids is 1. The standard InChI is InChI=1S/C8H7ClFN3O3S/c9-7-8(12-2-1-11-7)13-4-5(3-6(13)14)17(10,15)16/h1-2,5H,3-4H2. The second-order valence-electron chi connectivity index (χ2n) is 3.48. The lowest BCUT2D eigenvalue weighted by Gasteiger charge is -2.14. The van der Waals surface area contributed by atoms with Gasteiger partial charge in [0.15, 0.2) is 11.0 Å². The molecule has 1 aromatic rings. The molecule has 0 aromatic carbocycles. The second kappa shape index (κ2) is 4.19. The Balaban J connectivity index is 2.31. The first kappa shape index (κ1) is 12.2. The van der Waals surface area contributed by atoms with Gasteiger partial charge in [-0.3, -0.25) is 9.69 Å². The van der Waals surface area contributed by atoms with E-state index in [1.54, 1.807) is 0 Å². The maximum absolute atomic E-state index is 12.8. The van der Waals surface area contributed by atoms with Gasteiger partial charge in [0.25, 0.3) is 0 Å². The molecular weight excluding hydrogens is 273 g/mol. The van der Waals surface area contributed by atoms with E-state index in [-0.39, 0.29) is 17.5 Å². The maximum Gasteiger partial charge on any atom is 0.307 e. The Morgan fingerprint density at radius 2 is 2.06 bits per heavy atom. The molecule has 1 saturated heterocycles. The van der Waals surface area contributed by atoms with Crippen LogP contribution in [0, 0.1) is 0 Å². The average Bonchev–Trinajstić information content (AvgIpc) is 2.61. The van der Waals surface area contributed by atoms with E-state index in [1.165, 1.54) is 12.4 Å². The number of hydrogen-bond acceptors (Lipinski definition) is 5. The predicted molar refractivity (Wildman–Crippen MR) is 57.8 cm³/mol. The Morgan fingerprint density at radius 1 is 1.41 bits per heavy atom. The summed E-state index contributed by atoms with van der Waals surface area (Å²) in [6.07, 6.45) is 2.23. The summed E-state index contributed by atoms with van der Waals surface area (Å²) in [6, 6.07) is 0. The summed E-state index contributed by atoms with van der Waals surface area (Å²) in [5.41, 5.74) is 0. The first-order valence-corrected chi connectivity index (χ1v) is 6.42. The number of hydrogen-bond donors (Lipinski definition) is 0. The van der Waals surface area contributed by atoms with Crippen LogP contribution in [0.4, 0.5) is 9.70 Å². The number of amides is 1. The molecule has 6 nitrogen and oxygen atoms in total. The van der Waals surface area contributed by atoms with Gasteiger partial charge in [-0.15, -0.1) is 3.89 Å². The van der Waals surface area contributed by atoms with Gasteiger partial charge in [-0.1, -0.05) is 11.6 Å². The third-order valence-electron chi connectivity index (χ3n) is 2.38. The van der Waals surface area contributed by atoms with Gasteiger partial charge in [-0.25, -0.2) is 9.97 Å². The first-order valence-electron chi connectivity index (χ1n) is 4.60. The van der Waals surface area contributed by atoms with Crippen LogP contribution in [-0.2, 0) is 15.0 Å². The van der Waals surface area contributed by atoms with E-state index in [1.807, 2.05) is 0 Å². The van der Waals surface area contributed by atoms with Gasteiger partial charge < -0.3 is 0 Å². The van der Waals surface area contributed by atoms with E-state index < -0.39 is 27.8 Å². The van der Waals surface area contributed by atoms with Crippen LogP contribution >= 0.6 is 11.6 Å². The first-order chi connectivity index (χ1) is 7.89. The van der Waals surface area contributed by atoms with Crippen molar-refractivity contribution in [3.8, 4) is 0 Å². The van der Waals surface area contributed by atoms with Crippen molar-refractivity contribution in [2.75, 3.05) is 11.4 Å². The van der Waals surface area contributed by atoms with Crippen LogP contribution in [0.15, 0.2) is 12.4 Å². The summed E-state index contributed by atoms with van der Waals surface area (Å²) in [5, 5.41) is -1.40. The molecule has 0 radical (unpaired) electrons. The van der Waals surface area contributed by atoms with Crippen molar-refractivity contribution in [3.05, 3.63) is 17.5 Å². The molecule has 2 rings (SSSR count). The molecule has 1 unspecified atom stereocenters. The Kier molecular flexibility index (Phi) is 3.00. The Hall–Kier alpha value is -1.28. The summed E-state index contributed by atoms with van der Waals surface area (Å²) >= 11 is 5.72. The van der Waals surface area contributed by atoms with E-state index in [2.05, 4.69) is 9.97 Å². The van der Waals surface area contributed by atoms with E-state index in [0.29, 0.717) is 0 Å².